The molecule has 0 aromatic heterocycles. The molecule has 2 aromatic rings. The summed E-state index contributed by atoms with van der Waals surface area (Å²) in [6.45, 7) is 2.79. The monoisotopic (exact) mass is 366 g/mol. The molecule has 2 aliphatic rings. The first-order valence-corrected chi connectivity index (χ1v) is 9.99. The average molecular weight is 366 g/mol. The minimum Gasteiger partial charge on any atom is -0.351 e. The maximum atomic E-state index is 13.8. The van der Waals surface area contributed by atoms with Crippen molar-refractivity contribution in [1.29, 1.82) is 0 Å². The van der Waals surface area contributed by atoms with Crippen LogP contribution in [0.15, 0.2) is 54.6 Å². The highest BCUT2D eigenvalue weighted by molar-refractivity contribution is 5.88. The number of benzene rings is 2. The maximum absolute atomic E-state index is 13.8. The number of nitrogens with one attached hydrogen (secondary N) is 1. The third-order valence-corrected chi connectivity index (χ3v) is 6.13. The summed E-state index contributed by atoms with van der Waals surface area (Å²) < 4.78 is 13.8. The van der Waals surface area contributed by atoms with Crippen LogP contribution in [0.25, 0.3) is 0 Å². The summed E-state index contributed by atoms with van der Waals surface area (Å²) in [4.78, 5) is 15.6. The first-order valence-electron chi connectivity index (χ1n) is 9.99. The Balaban J connectivity index is 1.42. The number of nitrogens with zero attached hydrogens (tertiary/aromatic N) is 1. The Hall–Kier alpha value is -2.20. The summed E-state index contributed by atoms with van der Waals surface area (Å²) in [6, 6.07) is 17.2. The molecule has 1 saturated heterocycles. The second-order valence-corrected chi connectivity index (χ2v) is 7.98. The van der Waals surface area contributed by atoms with E-state index in [4.69, 9.17) is 0 Å². The molecule has 3 nitrogen and oxygen atoms in total. The van der Waals surface area contributed by atoms with Crippen molar-refractivity contribution in [2.45, 2.75) is 50.1 Å². The number of carbonyl (C=O) groups excluding carboxylic acids is 1. The molecular formula is C23H27FN2O. The van der Waals surface area contributed by atoms with E-state index in [1.54, 1.807) is 12.1 Å². The molecular weight excluding hydrogens is 339 g/mol. The van der Waals surface area contributed by atoms with Crippen molar-refractivity contribution >= 4 is 5.91 Å². The van der Waals surface area contributed by atoms with Gasteiger partial charge in [-0.3, -0.25) is 9.69 Å². The van der Waals surface area contributed by atoms with Crippen molar-refractivity contribution in [2.24, 2.45) is 0 Å². The van der Waals surface area contributed by atoms with Gasteiger partial charge < -0.3 is 5.32 Å². The summed E-state index contributed by atoms with van der Waals surface area (Å²) in [6.07, 6.45) is 4.63. The number of halogens is 1. The normalized spacial score (nSPS) is 22.0. The highest BCUT2D eigenvalue weighted by Gasteiger charge is 2.43. The van der Waals surface area contributed by atoms with E-state index in [-0.39, 0.29) is 17.8 Å². The van der Waals surface area contributed by atoms with Gasteiger partial charge in [0.2, 0.25) is 5.91 Å². The Bertz CT molecular complexity index is 786. The number of likely N-dealkylation sites (tertiary alicyclic amines) is 1. The van der Waals surface area contributed by atoms with Gasteiger partial charge in [0.1, 0.15) is 5.82 Å². The third kappa shape index (κ3) is 3.91. The van der Waals surface area contributed by atoms with E-state index >= 15 is 0 Å². The van der Waals surface area contributed by atoms with Gasteiger partial charge >= 0.3 is 0 Å². The molecule has 1 aliphatic heterocycles. The lowest BCUT2D eigenvalue weighted by Gasteiger charge is -2.30. The Morgan fingerprint density at radius 3 is 2.63 bits per heavy atom. The molecule has 1 saturated carbocycles. The van der Waals surface area contributed by atoms with Crippen LogP contribution in [0.2, 0.25) is 0 Å². The molecule has 1 aliphatic carbocycles. The second kappa shape index (κ2) is 7.81. The topological polar surface area (TPSA) is 32.3 Å². The lowest BCUT2D eigenvalue weighted by atomic mass is 9.77. The van der Waals surface area contributed by atoms with Gasteiger partial charge in [-0.2, -0.15) is 0 Å². The van der Waals surface area contributed by atoms with Crippen LogP contribution < -0.4 is 5.32 Å². The summed E-state index contributed by atoms with van der Waals surface area (Å²) in [5.74, 6) is -0.182. The number of carbonyl (C=O) groups is 1. The van der Waals surface area contributed by atoms with Gasteiger partial charge in [-0.05, 0) is 42.5 Å². The molecule has 27 heavy (non-hydrogen) atoms. The fourth-order valence-electron chi connectivity index (χ4n) is 4.67. The molecule has 2 aromatic carbocycles. The minimum atomic E-state index is -0.561. The van der Waals surface area contributed by atoms with Crippen molar-refractivity contribution in [1.82, 2.24) is 10.2 Å². The Labute approximate surface area is 160 Å². The van der Waals surface area contributed by atoms with Crippen LogP contribution in [0.4, 0.5) is 4.39 Å². The van der Waals surface area contributed by atoms with Crippen LogP contribution in [0.3, 0.4) is 0 Å². The molecule has 0 radical (unpaired) electrons. The zero-order chi connectivity index (χ0) is 18.7. The predicted octanol–water partition coefficient (Wildman–Crippen LogP) is 4.03. The van der Waals surface area contributed by atoms with Crippen LogP contribution >= 0.6 is 0 Å². The van der Waals surface area contributed by atoms with Gasteiger partial charge in [0.25, 0.3) is 0 Å². The van der Waals surface area contributed by atoms with Gasteiger partial charge in [0.15, 0.2) is 0 Å². The van der Waals surface area contributed by atoms with Crippen molar-refractivity contribution < 1.29 is 9.18 Å². The van der Waals surface area contributed by atoms with Crippen LogP contribution in [-0.4, -0.2) is 29.9 Å². The molecule has 0 bridgehead atoms. The van der Waals surface area contributed by atoms with Crippen molar-refractivity contribution in [3.05, 3.63) is 71.5 Å². The first-order chi connectivity index (χ1) is 13.2. The molecule has 1 unspecified atom stereocenters. The van der Waals surface area contributed by atoms with Crippen molar-refractivity contribution in [3.63, 3.8) is 0 Å². The lowest BCUT2D eigenvalue weighted by molar-refractivity contribution is -0.127. The molecule has 0 spiro atoms. The average Bonchev–Trinajstić information content (AvgIpc) is 3.33. The maximum Gasteiger partial charge on any atom is 0.230 e. The molecule has 1 atom stereocenters. The zero-order valence-electron chi connectivity index (χ0n) is 15.7. The molecule has 1 heterocycles. The van der Waals surface area contributed by atoms with Gasteiger partial charge in [-0.15, -0.1) is 0 Å². The standard InChI is InChI=1S/C23H27FN2O/c24-20-10-6-9-19(15-20)23(12-4-5-13-23)22(27)25-21-11-14-26(17-21)16-18-7-2-1-3-8-18/h1-3,6-10,15,21H,4-5,11-14,16-17H2,(H,25,27). The lowest BCUT2D eigenvalue weighted by Crippen LogP contribution is -2.47. The van der Waals surface area contributed by atoms with E-state index in [1.165, 1.54) is 11.6 Å². The van der Waals surface area contributed by atoms with Gasteiger partial charge in [-0.1, -0.05) is 55.3 Å². The van der Waals surface area contributed by atoms with Gasteiger partial charge in [0.05, 0.1) is 5.41 Å². The summed E-state index contributed by atoms with van der Waals surface area (Å²) in [7, 11) is 0. The molecule has 4 rings (SSSR count). The summed E-state index contributed by atoms with van der Waals surface area (Å²) >= 11 is 0. The van der Waals surface area contributed by atoms with E-state index in [2.05, 4.69) is 34.5 Å². The first kappa shape index (κ1) is 18.2. The fourth-order valence-corrected chi connectivity index (χ4v) is 4.67. The largest absolute Gasteiger partial charge is 0.351 e. The van der Waals surface area contributed by atoms with E-state index in [9.17, 15) is 9.18 Å². The van der Waals surface area contributed by atoms with Gasteiger partial charge in [-0.25, -0.2) is 4.39 Å². The van der Waals surface area contributed by atoms with Crippen LogP contribution in [0.5, 0.6) is 0 Å². The highest BCUT2D eigenvalue weighted by atomic mass is 19.1. The molecule has 142 valence electrons. The predicted molar refractivity (Wildman–Crippen MR) is 105 cm³/mol. The Kier molecular flexibility index (Phi) is 5.26. The van der Waals surface area contributed by atoms with Crippen LogP contribution in [0, 0.1) is 5.82 Å². The molecule has 4 heteroatoms. The van der Waals surface area contributed by atoms with Crippen molar-refractivity contribution in [3.8, 4) is 0 Å². The summed E-state index contributed by atoms with van der Waals surface area (Å²) in [5, 5.41) is 3.29. The van der Waals surface area contributed by atoms with Crippen LogP contribution in [0.1, 0.15) is 43.2 Å². The van der Waals surface area contributed by atoms with Crippen LogP contribution in [-0.2, 0) is 16.8 Å². The fraction of sp³-hybridized carbons (Fsp3) is 0.435. The Morgan fingerprint density at radius 1 is 1.11 bits per heavy atom. The number of hydrogen-bond donors (Lipinski definition) is 1. The number of hydrogen-bond acceptors (Lipinski definition) is 2. The SMILES string of the molecule is O=C(NC1CCN(Cc2ccccc2)C1)C1(c2cccc(F)c2)CCCC1. The number of amides is 1. The molecule has 1 N–H and O–H groups in total. The van der Waals surface area contributed by atoms with E-state index in [0.717, 1.165) is 57.3 Å². The zero-order valence-corrected chi connectivity index (χ0v) is 15.7. The second-order valence-electron chi connectivity index (χ2n) is 7.98. The number of rotatable bonds is 5. The van der Waals surface area contributed by atoms with Crippen molar-refractivity contribution in [2.75, 3.05) is 13.1 Å². The summed E-state index contributed by atoms with van der Waals surface area (Å²) in [5.41, 5.74) is 1.57. The van der Waals surface area contributed by atoms with Gasteiger partial charge in [0, 0.05) is 25.7 Å². The Morgan fingerprint density at radius 2 is 1.89 bits per heavy atom. The minimum absolute atomic E-state index is 0.0807. The quantitative estimate of drug-likeness (QED) is 0.867. The smallest absolute Gasteiger partial charge is 0.230 e. The van der Waals surface area contributed by atoms with E-state index in [0.29, 0.717) is 0 Å². The van der Waals surface area contributed by atoms with E-state index in [1.807, 2.05) is 12.1 Å². The third-order valence-electron chi connectivity index (χ3n) is 6.13. The van der Waals surface area contributed by atoms with E-state index < -0.39 is 5.41 Å². The molecule has 2 fully saturated rings. The molecule has 1 amide bonds. The highest BCUT2D eigenvalue weighted by Crippen LogP contribution is 2.41.